The average molecular weight is 325 g/mol. The second kappa shape index (κ2) is 5.98. The van der Waals surface area contributed by atoms with E-state index in [0.717, 1.165) is 20.1 Å². The molecule has 0 aliphatic rings. The summed E-state index contributed by atoms with van der Waals surface area (Å²) >= 11 is 5.28. The van der Waals surface area contributed by atoms with Crippen LogP contribution in [0.4, 0.5) is 0 Å². The van der Waals surface area contributed by atoms with Crippen LogP contribution in [0.2, 0.25) is 0 Å². The molecule has 0 atom stereocenters. The van der Waals surface area contributed by atoms with Crippen molar-refractivity contribution in [1.29, 1.82) is 0 Å². The van der Waals surface area contributed by atoms with Crippen LogP contribution in [-0.4, -0.2) is 17.2 Å². The Morgan fingerprint density at radius 3 is 2.27 bits per heavy atom. The summed E-state index contributed by atoms with van der Waals surface area (Å²) in [6.07, 6.45) is 0.852. The molecule has 0 bridgehead atoms. The van der Waals surface area contributed by atoms with E-state index in [9.17, 15) is 19.2 Å². The third kappa shape index (κ3) is 2.99. The predicted octanol–water partition coefficient (Wildman–Crippen LogP) is 2.02. The third-order valence-corrected chi connectivity index (χ3v) is 2.77. The van der Waals surface area contributed by atoms with Crippen molar-refractivity contribution >= 4 is 39.8 Å². The number of carbonyl (C=O) groups is 3. The van der Waals surface area contributed by atoms with Crippen molar-refractivity contribution in [2.75, 3.05) is 0 Å². The molecule has 7 nitrogen and oxygen atoms in total. The van der Waals surface area contributed by atoms with Crippen LogP contribution in [0.15, 0.2) is 27.6 Å². The fourth-order valence-electron chi connectivity index (χ4n) is 1.77. The number of hydrogen-bond acceptors (Lipinski definition) is 7. The second-order valence-corrected chi connectivity index (χ2v) is 4.55. The monoisotopic (exact) mass is 324 g/mol. The molecule has 1 aromatic heterocycles. The average Bonchev–Trinajstić information content (AvgIpc) is 2.40. The topological polar surface area (TPSA) is 99.9 Å². The smallest absolute Gasteiger partial charge is 0.308 e. The summed E-state index contributed by atoms with van der Waals surface area (Å²) in [5, 5.41) is -1.02. The predicted molar refractivity (Wildman–Crippen MR) is 75.3 cm³/mol. The molecule has 1 heterocycles. The van der Waals surface area contributed by atoms with Gasteiger partial charge in [-0.3, -0.25) is 19.2 Å². The van der Waals surface area contributed by atoms with E-state index in [0.29, 0.717) is 0 Å². The third-order valence-electron chi connectivity index (χ3n) is 2.57. The molecule has 1 aromatic carbocycles. The summed E-state index contributed by atoms with van der Waals surface area (Å²) < 4.78 is 15.0. The molecule has 114 valence electrons. The van der Waals surface area contributed by atoms with Crippen molar-refractivity contribution in [1.82, 2.24) is 0 Å². The van der Waals surface area contributed by atoms with E-state index in [1.54, 1.807) is 0 Å². The zero-order valence-corrected chi connectivity index (χ0v) is 12.2. The van der Waals surface area contributed by atoms with Crippen LogP contribution in [0, 0.1) is 0 Å². The van der Waals surface area contributed by atoms with Gasteiger partial charge in [0, 0.05) is 13.8 Å². The zero-order chi connectivity index (χ0) is 16.4. The molecule has 2 aromatic rings. The Morgan fingerprint density at radius 1 is 1.09 bits per heavy atom. The maximum atomic E-state index is 12.1. The number of halogens is 1. The summed E-state index contributed by atoms with van der Waals surface area (Å²) in [5.74, 6) is -1.68. The number of hydrogen-bond donors (Lipinski definition) is 0. The van der Waals surface area contributed by atoms with Crippen LogP contribution in [0.1, 0.15) is 24.2 Å². The van der Waals surface area contributed by atoms with E-state index in [2.05, 4.69) is 0 Å². The molecule has 0 fully saturated rings. The molecule has 0 saturated carbocycles. The fourth-order valence-corrected chi connectivity index (χ4v) is 1.90. The molecular formula is C14H9ClO7. The molecule has 0 aliphatic carbocycles. The highest BCUT2D eigenvalue weighted by Gasteiger charge is 2.20. The minimum atomic E-state index is -0.978. The Morgan fingerprint density at radius 2 is 1.73 bits per heavy atom. The van der Waals surface area contributed by atoms with E-state index in [1.807, 2.05) is 0 Å². The Kier molecular flexibility index (Phi) is 4.27. The molecule has 0 saturated heterocycles. The van der Waals surface area contributed by atoms with Gasteiger partial charge in [-0.1, -0.05) is 0 Å². The molecule has 8 heteroatoms. The van der Waals surface area contributed by atoms with Crippen LogP contribution >= 0.6 is 11.6 Å². The van der Waals surface area contributed by atoms with E-state index in [4.69, 9.17) is 25.5 Å². The summed E-state index contributed by atoms with van der Waals surface area (Å²) in [6.45, 7) is 2.29. The van der Waals surface area contributed by atoms with Gasteiger partial charge in [-0.05, 0) is 23.7 Å². The van der Waals surface area contributed by atoms with Crippen molar-refractivity contribution < 1.29 is 28.3 Å². The highest BCUT2D eigenvalue weighted by molar-refractivity contribution is 6.67. The van der Waals surface area contributed by atoms with E-state index < -0.39 is 22.6 Å². The van der Waals surface area contributed by atoms with Gasteiger partial charge in [0.25, 0.3) is 5.24 Å². The van der Waals surface area contributed by atoms with Gasteiger partial charge in [0.2, 0.25) is 11.2 Å². The van der Waals surface area contributed by atoms with Crippen molar-refractivity contribution in [2.24, 2.45) is 0 Å². The molecular weight excluding hydrogens is 316 g/mol. The maximum Gasteiger partial charge on any atom is 0.308 e. The lowest BCUT2D eigenvalue weighted by Gasteiger charge is -2.10. The maximum absolute atomic E-state index is 12.1. The number of esters is 2. The molecule has 22 heavy (non-hydrogen) atoms. The van der Waals surface area contributed by atoms with Crippen LogP contribution in [0.3, 0.4) is 0 Å². The Bertz CT molecular complexity index is 850. The SMILES string of the molecule is CC(=O)Oc1ccc2c(=O)c(C(=O)Cl)coc2c1OC(C)=O. The first-order valence-corrected chi connectivity index (χ1v) is 6.34. The van der Waals surface area contributed by atoms with Gasteiger partial charge in [0.05, 0.1) is 5.39 Å². The van der Waals surface area contributed by atoms with Gasteiger partial charge < -0.3 is 13.9 Å². The lowest BCUT2D eigenvalue weighted by Crippen LogP contribution is -2.13. The number of benzene rings is 1. The van der Waals surface area contributed by atoms with E-state index >= 15 is 0 Å². The van der Waals surface area contributed by atoms with Gasteiger partial charge in [-0.2, -0.15) is 0 Å². The quantitative estimate of drug-likeness (QED) is 0.483. The summed E-state index contributed by atoms with van der Waals surface area (Å²) in [4.78, 5) is 45.5. The van der Waals surface area contributed by atoms with Crippen molar-refractivity contribution in [3.63, 3.8) is 0 Å². The van der Waals surface area contributed by atoms with Gasteiger partial charge in [0.1, 0.15) is 11.8 Å². The number of fused-ring (bicyclic) bond motifs is 1. The lowest BCUT2D eigenvalue weighted by molar-refractivity contribution is -0.134. The zero-order valence-electron chi connectivity index (χ0n) is 11.5. The standard InChI is InChI=1S/C14H9ClO7/c1-6(16)21-10-4-3-8-11(18)9(14(15)19)5-20-12(8)13(10)22-7(2)17/h3-5H,1-2H3. The molecule has 0 radical (unpaired) electrons. The Hall–Kier alpha value is -2.67. The highest BCUT2D eigenvalue weighted by atomic mass is 35.5. The molecule has 0 N–H and O–H groups in total. The number of rotatable bonds is 3. The first kappa shape index (κ1) is 15.7. The van der Waals surface area contributed by atoms with Gasteiger partial charge in [-0.15, -0.1) is 0 Å². The number of ether oxygens (including phenoxy) is 2. The normalized spacial score (nSPS) is 10.3. The highest BCUT2D eigenvalue weighted by Crippen LogP contribution is 2.35. The van der Waals surface area contributed by atoms with E-state index in [-0.39, 0.29) is 28.0 Å². The summed E-state index contributed by atoms with van der Waals surface area (Å²) in [7, 11) is 0. The number of carbonyl (C=O) groups excluding carboxylic acids is 3. The summed E-state index contributed by atoms with van der Waals surface area (Å²) in [5.41, 5.74) is -1.19. The molecule has 2 rings (SSSR count). The first-order valence-electron chi connectivity index (χ1n) is 5.96. The minimum Gasteiger partial charge on any atom is -0.459 e. The van der Waals surface area contributed by atoms with Crippen LogP contribution in [0.5, 0.6) is 11.5 Å². The lowest BCUT2D eigenvalue weighted by atomic mass is 10.1. The second-order valence-electron chi connectivity index (χ2n) is 4.21. The van der Waals surface area contributed by atoms with Crippen molar-refractivity contribution in [3.05, 3.63) is 34.2 Å². The summed E-state index contributed by atoms with van der Waals surface area (Å²) in [6, 6.07) is 2.52. The van der Waals surface area contributed by atoms with Crippen LogP contribution in [0.25, 0.3) is 11.0 Å². The van der Waals surface area contributed by atoms with Crippen molar-refractivity contribution in [2.45, 2.75) is 13.8 Å². The molecule has 0 unspecified atom stereocenters. The Labute approximate surface area is 128 Å². The minimum absolute atomic E-state index is 0.0429. The molecule has 0 aliphatic heterocycles. The van der Waals surface area contributed by atoms with E-state index in [1.165, 1.54) is 12.1 Å². The fraction of sp³-hybridized carbons (Fsp3) is 0.143. The van der Waals surface area contributed by atoms with Crippen molar-refractivity contribution in [3.8, 4) is 11.5 Å². The van der Waals surface area contributed by atoms with Gasteiger partial charge >= 0.3 is 11.9 Å². The Balaban J connectivity index is 2.78. The molecule has 0 spiro atoms. The first-order chi connectivity index (χ1) is 10.3. The van der Waals surface area contributed by atoms with Crippen LogP contribution in [-0.2, 0) is 9.59 Å². The van der Waals surface area contributed by atoms with Gasteiger partial charge in [-0.25, -0.2) is 0 Å². The van der Waals surface area contributed by atoms with Gasteiger partial charge in [0.15, 0.2) is 11.3 Å². The molecule has 0 amide bonds. The largest absolute Gasteiger partial charge is 0.459 e. The van der Waals surface area contributed by atoms with Crippen LogP contribution < -0.4 is 14.9 Å².